The number of rotatable bonds is 8. The number of aliphatic imine (C=N–C) groups is 1. The second-order valence-electron chi connectivity index (χ2n) is 6.93. The van der Waals surface area contributed by atoms with E-state index in [9.17, 15) is 0 Å². The maximum absolute atomic E-state index is 5.70. The third-order valence-electron chi connectivity index (χ3n) is 5.34. The van der Waals surface area contributed by atoms with Crippen LogP contribution in [-0.2, 0) is 6.54 Å². The molecule has 1 atom stereocenters. The SMILES string of the molecule is CCN(CC)C(CNC(=NC)N1CCN(Cc2ccon2)CC1)c1ccco1.I. The maximum atomic E-state index is 5.70. The fraction of sp³-hybridized carbons (Fsp3) is 0.600. The van der Waals surface area contributed by atoms with Crippen LogP contribution in [0, 0.1) is 0 Å². The highest BCUT2D eigenvalue weighted by Crippen LogP contribution is 2.20. The lowest BCUT2D eigenvalue weighted by atomic mass is 10.2. The van der Waals surface area contributed by atoms with Gasteiger partial charge in [0.05, 0.1) is 18.0 Å². The molecule has 0 amide bonds. The summed E-state index contributed by atoms with van der Waals surface area (Å²) in [5, 5.41) is 7.57. The summed E-state index contributed by atoms with van der Waals surface area (Å²) in [6, 6.07) is 6.12. The van der Waals surface area contributed by atoms with E-state index < -0.39 is 0 Å². The van der Waals surface area contributed by atoms with Crippen LogP contribution >= 0.6 is 24.0 Å². The van der Waals surface area contributed by atoms with Crippen molar-refractivity contribution in [3.05, 3.63) is 42.2 Å². The van der Waals surface area contributed by atoms with Crippen LogP contribution in [0.5, 0.6) is 0 Å². The molecule has 1 saturated heterocycles. The first-order chi connectivity index (χ1) is 13.7. The summed E-state index contributed by atoms with van der Waals surface area (Å²) in [4.78, 5) is 11.6. The molecular weight excluding hydrogens is 483 g/mol. The molecule has 1 aliphatic heterocycles. The first-order valence-electron chi connectivity index (χ1n) is 10.1. The summed E-state index contributed by atoms with van der Waals surface area (Å²) >= 11 is 0. The molecule has 3 heterocycles. The van der Waals surface area contributed by atoms with Gasteiger partial charge < -0.3 is 19.2 Å². The van der Waals surface area contributed by atoms with Gasteiger partial charge in [-0.1, -0.05) is 19.0 Å². The molecule has 9 heteroatoms. The Balaban J connectivity index is 0.00000300. The molecule has 0 saturated carbocycles. The number of likely N-dealkylation sites (N-methyl/N-ethyl adjacent to an activating group) is 1. The van der Waals surface area contributed by atoms with Gasteiger partial charge in [0.15, 0.2) is 5.96 Å². The van der Waals surface area contributed by atoms with Gasteiger partial charge in [-0.2, -0.15) is 0 Å². The lowest BCUT2D eigenvalue weighted by molar-refractivity contribution is 0.165. The van der Waals surface area contributed by atoms with Crippen LogP contribution in [0.4, 0.5) is 0 Å². The van der Waals surface area contributed by atoms with Crippen molar-refractivity contribution in [3.8, 4) is 0 Å². The van der Waals surface area contributed by atoms with Crippen molar-refractivity contribution in [2.24, 2.45) is 4.99 Å². The zero-order valence-electron chi connectivity index (χ0n) is 17.6. The van der Waals surface area contributed by atoms with Crippen LogP contribution < -0.4 is 5.32 Å². The van der Waals surface area contributed by atoms with Crippen LogP contribution in [0.1, 0.15) is 31.3 Å². The van der Waals surface area contributed by atoms with E-state index in [2.05, 4.69) is 50.1 Å². The van der Waals surface area contributed by atoms with Gasteiger partial charge in [0.25, 0.3) is 0 Å². The largest absolute Gasteiger partial charge is 0.468 e. The molecule has 3 rings (SSSR count). The van der Waals surface area contributed by atoms with E-state index >= 15 is 0 Å². The summed E-state index contributed by atoms with van der Waals surface area (Å²) < 4.78 is 10.6. The van der Waals surface area contributed by atoms with Gasteiger partial charge in [-0.15, -0.1) is 24.0 Å². The van der Waals surface area contributed by atoms with Gasteiger partial charge >= 0.3 is 0 Å². The number of nitrogens with zero attached hydrogens (tertiary/aromatic N) is 5. The van der Waals surface area contributed by atoms with Crippen molar-refractivity contribution in [2.45, 2.75) is 26.4 Å². The molecule has 2 aromatic rings. The smallest absolute Gasteiger partial charge is 0.193 e. The van der Waals surface area contributed by atoms with Crippen molar-refractivity contribution in [2.75, 3.05) is 52.9 Å². The molecule has 1 aliphatic rings. The van der Waals surface area contributed by atoms with Crippen molar-refractivity contribution >= 4 is 29.9 Å². The zero-order valence-corrected chi connectivity index (χ0v) is 19.9. The Morgan fingerprint density at radius 2 is 1.97 bits per heavy atom. The van der Waals surface area contributed by atoms with Crippen LogP contribution in [0.2, 0.25) is 0 Å². The molecule has 29 heavy (non-hydrogen) atoms. The molecule has 1 N–H and O–H groups in total. The van der Waals surface area contributed by atoms with E-state index in [0.29, 0.717) is 0 Å². The predicted octanol–water partition coefficient (Wildman–Crippen LogP) is 2.66. The fourth-order valence-electron chi connectivity index (χ4n) is 3.74. The van der Waals surface area contributed by atoms with Gasteiger partial charge in [0.2, 0.25) is 0 Å². The van der Waals surface area contributed by atoms with E-state index in [1.165, 1.54) is 0 Å². The molecule has 0 radical (unpaired) electrons. The van der Waals surface area contributed by atoms with Crippen LogP contribution in [-0.4, -0.2) is 78.7 Å². The first kappa shape index (κ1) is 23.7. The molecular formula is C20H33IN6O2. The van der Waals surface area contributed by atoms with Crippen molar-refractivity contribution in [3.63, 3.8) is 0 Å². The normalized spacial score (nSPS) is 16.7. The third kappa shape index (κ3) is 6.45. The van der Waals surface area contributed by atoms with Crippen molar-refractivity contribution < 1.29 is 8.94 Å². The van der Waals surface area contributed by atoms with Gasteiger partial charge in [0, 0.05) is 52.4 Å². The monoisotopic (exact) mass is 516 g/mol. The summed E-state index contributed by atoms with van der Waals surface area (Å²) in [6.07, 6.45) is 3.37. The van der Waals surface area contributed by atoms with E-state index in [-0.39, 0.29) is 30.0 Å². The number of halogens is 1. The lowest BCUT2D eigenvalue weighted by Crippen LogP contribution is -2.53. The van der Waals surface area contributed by atoms with Gasteiger partial charge in [-0.3, -0.25) is 14.8 Å². The quantitative estimate of drug-likeness (QED) is 0.329. The minimum atomic E-state index is 0. The van der Waals surface area contributed by atoms with E-state index in [1.54, 1.807) is 12.5 Å². The highest BCUT2D eigenvalue weighted by Gasteiger charge is 2.24. The second-order valence-corrected chi connectivity index (χ2v) is 6.93. The zero-order chi connectivity index (χ0) is 19.8. The Morgan fingerprint density at radius 3 is 2.52 bits per heavy atom. The topological polar surface area (TPSA) is 73.3 Å². The standard InChI is InChI=1S/C20H32N6O2.HI/c1-4-25(5-2)18(19-7-6-13-27-19)15-22-20(21-3)26-11-9-24(10-12-26)16-17-8-14-28-23-17;/h6-8,13-14,18H,4-5,9-12,15-16H2,1-3H3,(H,21,22);1H. The summed E-state index contributed by atoms with van der Waals surface area (Å²) in [6.45, 7) is 11.7. The Hall–Kier alpha value is -1.59. The fourth-order valence-corrected chi connectivity index (χ4v) is 3.74. The Labute approximate surface area is 190 Å². The number of hydrogen-bond acceptors (Lipinski definition) is 6. The third-order valence-corrected chi connectivity index (χ3v) is 5.34. The number of piperazine rings is 1. The van der Waals surface area contributed by atoms with Crippen LogP contribution in [0.25, 0.3) is 0 Å². The molecule has 8 nitrogen and oxygen atoms in total. The Morgan fingerprint density at radius 1 is 1.21 bits per heavy atom. The molecule has 2 aromatic heterocycles. The summed E-state index contributed by atoms with van der Waals surface area (Å²) in [5.74, 6) is 1.94. The average molecular weight is 516 g/mol. The molecule has 0 aromatic carbocycles. The molecule has 1 fully saturated rings. The number of aromatic nitrogens is 1. The van der Waals surface area contributed by atoms with Crippen molar-refractivity contribution in [1.29, 1.82) is 0 Å². The minimum absolute atomic E-state index is 0. The molecule has 0 bridgehead atoms. The van der Waals surface area contributed by atoms with Crippen molar-refractivity contribution in [1.82, 2.24) is 25.2 Å². The number of furan rings is 1. The molecule has 1 unspecified atom stereocenters. The molecule has 0 aliphatic carbocycles. The first-order valence-corrected chi connectivity index (χ1v) is 10.1. The molecule has 0 spiro atoms. The summed E-state index contributed by atoms with van der Waals surface area (Å²) in [7, 11) is 1.85. The van der Waals surface area contributed by atoms with Crippen LogP contribution in [0.15, 0.2) is 44.7 Å². The lowest BCUT2D eigenvalue weighted by Gasteiger charge is -2.37. The Kier molecular flexibility index (Phi) is 9.95. The van der Waals surface area contributed by atoms with Gasteiger partial charge in [-0.05, 0) is 25.2 Å². The minimum Gasteiger partial charge on any atom is -0.468 e. The highest BCUT2D eigenvalue weighted by atomic mass is 127. The predicted molar refractivity (Wildman–Crippen MR) is 124 cm³/mol. The van der Waals surface area contributed by atoms with Gasteiger partial charge in [-0.25, -0.2) is 0 Å². The second kappa shape index (κ2) is 12.2. The Bertz CT molecular complexity index is 695. The maximum Gasteiger partial charge on any atom is 0.193 e. The number of hydrogen-bond donors (Lipinski definition) is 1. The van der Waals surface area contributed by atoms with Crippen LogP contribution in [0.3, 0.4) is 0 Å². The molecule has 162 valence electrons. The number of guanidine groups is 1. The highest BCUT2D eigenvalue weighted by molar-refractivity contribution is 14.0. The van der Waals surface area contributed by atoms with E-state index in [1.807, 2.05) is 19.2 Å². The number of nitrogens with one attached hydrogen (secondary N) is 1. The van der Waals surface area contributed by atoms with Gasteiger partial charge in [0.1, 0.15) is 12.0 Å². The van der Waals surface area contributed by atoms with E-state index in [0.717, 1.165) is 69.8 Å². The average Bonchev–Trinajstić information content (AvgIpc) is 3.43. The van der Waals surface area contributed by atoms with E-state index in [4.69, 9.17) is 8.94 Å². The summed E-state index contributed by atoms with van der Waals surface area (Å²) in [5.41, 5.74) is 0.983.